The number of piperazine rings is 1. The topological polar surface area (TPSA) is 77.3 Å². The zero-order chi connectivity index (χ0) is 23.4. The number of anilines is 1. The first-order chi connectivity index (χ1) is 16.0. The van der Waals surface area contributed by atoms with E-state index in [-0.39, 0.29) is 12.1 Å². The molecule has 1 unspecified atom stereocenters. The van der Waals surface area contributed by atoms with Crippen molar-refractivity contribution in [1.29, 1.82) is 0 Å². The number of carbonyl (C=O) groups is 1. The van der Waals surface area contributed by atoms with E-state index in [4.69, 9.17) is 19.9 Å². The Kier molecular flexibility index (Phi) is 7.53. The van der Waals surface area contributed by atoms with Gasteiger partial charge in [-0.25, -0.2) is 4.79 Å². The highest BCUT2D eigenvalue weighted by Crippen LogP contribution is 2.31. The maximum Gasteiger partial charge on any atom is 0.338 e. The number of benzene rings is 2. The SMILES string of the molecule is CCOC(CN1CCN(CCc2ccc(N)c(OC)c2)CC1)c1ccc2c(c1C)COC2=O. The first-order valence-corrected chi connectivity index (χ1v) is 11.8. The van der Waals surface area contributed by atoms with Gasteiger partial charge >= 0.3 is 5.97 Å². The molecule has 0 bridgehead atoms. The summed E-state index contributed by atoms with van der Waals surface area (Å²) in [5.74, 6) is 0.526. The number of nitrogens with zero attached hydrogens (tertiary/aromatic N) is 2. The third kappa shape index (κ3) is 5.32. The van der Waals surface area contributed by atoms with Crippen LogP contribution in [0.25, 0.3) is 0 Å². The lowest BCUT2D eigenvalue weighted by atomic mass is 9.95. The molecule has 2 aliphatic rings. The number of hydrogen-bond acceptors (Lipinski definition) is 7. The van der Waals surface area contributed by atoms with Crippen LogP contribution in [0.4, 0.5) is 5.69 Å². The summed E-state index contributed by atoms with van der Waals surface area (Å²) in [6, 6.07) is 9.97. The van der Waals surface area contributed by atoms with Crippen LogP contribution >= 0.6 is 0 Å². The van der Waals surface area contributed by atoms with Crippen LogP contribution in [0.2, 0.25) is 0 Å². The Morgan fingerprint density at radius 3 is 2.61 bits per heavy atom. The maximum atomic E-state index is 11.9. The second-order valence-electron chi connectivity index (χ2n) is 8.79. The Hall–Kier alpha value is -2.61. The van der Waals surface area contributed by atoms with Crippen LogP contribution < -0.4 is 10.5 Å². The number of carbonyl (C=O) groups excluding carboxylic acids is 1. The fraction of sp³-hybridized carbons (Fsp3) is 0.500. The molecule has 2 aromatic rings. The van der Waals surface area contributed by atoms with Crippen LogP contribution in [0, 0.1) is 6.92 Å². The smallest absolute Gasteiger partial charge is 0.338 e. The number of esters is 1. The monoisotopic (exact) mass is 453 g/mol. The lowest BCUT2D eigenvalue weighted by Gasteiger charge is -2.36. The quantitative estimate of drug-likeness (QED) is 0.461. The number of nitrogens with two attached hydrogens (primary N) is 1. The lowest BCUT2D eigenvalue weighted by molar-refractivity contribution is 0.0181. The number of cyclic esters (lactones) is 1. The Balaban J connectivity index is 1.32. The molecule has 2 heterocycles. The summed E-state index contributed by atoms with van der Waals surface area (Å²) in [7, 11) is 1.65. The van der Waals surface area contributed by atoms with E-state index in [1.807, 2.05) is 31.2 Å². The summed E-state index contributed by atoms with van der Waals surface area (Å²) in [5.41, 5.74) is 11.8. The number of hydrogen-bond donors (Lipinski definition) is 1. The second kappa shape index (κ2) is 10.5. The third-order valence-corrected chi connectivity index (χ3v) is 6.83. The van der Waals surface area contributed by atoms with Crippen molar-refractivity contribution in [2.24, 2.45) is 0 Å². The number of fused-ring (bicyclic) bond motifs is 1. The third-order valence-electron chi connectivity index (χ3n) is 6.83. The standard InChI is InChI=1S/C26H35N3O4/c1-4-32-25(20-6-7-21-22(18(20)2)17-33-26(21)30)16-29-13-11-28(12-14-29)10-9-19-5-8-23(27)24(15-19)31-3/h5-8,15,25H,4,9-14,16-17,27H2,1-3H3. The molecular formula is C26H35N3O4. The van der Waals surface area contributed by atoms with Gasteiger partial charge in [-0.2, -0.15) is 0 Å². The van der Waals surface area contributed by atoms with Gasteiger partial charge in [-0.3, -0.25) is 4.90 Å². The number of methoxy groups -OCH3 is 1. The average Bonchev–Trinajstić information content (AvgIpc) is 3.21. The maximum absolute atomic E-state index is 11.9. The van der Waals surface area contributed by atoms with Gasteiger partial charge in [0, 0.05) is 51.4 Å². The molecule has 7 heteroatoms. The summed E-state index contributed by atoms with van der Waals surface area (Å²) in [5, 5.41) is 0. The van der Waals surface area contributed by atoms with Gasteiger partial charge in [0.2, 0.25) is 0 Å². The molecule has 33 heavy (non-hydrogen) atoms. The van der Waals surface area contributed by atoms with Gasteiger partial charge in [-0.05, 0) is 55.2 Å². The Morgan fingerprint density at radius 1 is 1.12 bits per heavy atom. The zero-order valence-electron chi connectivity index (χ0n) is 19.9. The van der Waals surface area contributed by atoms with Crippen molar-refractivity contribution >= 4 is 11.7 Å². The first kappa shape index (κ1) is 23.5. The lowest BCUT2D eigenvalue weighted by Crippen LogP contribution is -2.48. The normalized spacial score (nSPS) is 17.6. The molecule has 7 nitrogen and oxygen atoms in total. The number of rotatable bonds is 9. The molecule has 0 amide bonds. The molecule has 2 aromatic carbocycles. The van der Waals surface area contributed by atoms with Crippen LogP contribution in [0.1, 0.15) is 45.6 Å². The highest BCUT2D eigenvalue weighted by atomic mass is 16.5. The van der Waals surface area contributed by atoms with E-state index in [2.05, 4.69) is 22.8 Å². The van der Waals surface area contributed by atoms with E-state index >= 15 is 0 Å². The predicted octanol–water partition coefficient (Wildman–Crippen LogP) is 3.19. The van der Waals surface area contributed by atoms with Gasteiger partial charge in [0.1, 0.15) is 12.4 Å². The van der Waals surface area contributed by atoms with Crippen LogP contribution in [0.15, 0.2) is 30.3 Å². The fourth-order valence-electron chi connectivity index (χ4n) is 4.79. The molecule has 178 valence electrons. The molecule has 0 saturated carbocycles. The molecule has 2 aliphatic heterocycles. The van der Waals surface area contributed by atoms with Crippen molar-refractivity contribution in [3.63, 3.8) is 0 Å². The van der Waals surface area contributed by atoms with Gasteiger partial charge in [0.05, 0.1) is 24.5 Å². The van der Waals surface area contributed by atoms with Crippen molar-refractivity contribution in [2.75, 3.05) is 58.7 Å². The Labute approximate surface area is 196 Å². The molecule has 1 saturated heterocycles. The number of ether oxygens (including phenoxy) is 3. The minimum atomic E-state index is -0.221. The van der Waals surface area contributed by atoms with Crippen molar-refractivity contribution < 1.29 is 19.0 Å². The Bertz CT molecular complexity index is 986. The van der Waals surface area contributed by atoms with Crippen LogP contribution in [0.3, 0.4) is 0 Å². The Morgan fingerprint density at radius 2 is 1.88 bits per heavy atom. The van der Waals surface area contributed by atoms with Crippen LogP contribution in [-0.4, -0.2) is 68.8 Å². The van der Waals surface area contributed by atoms with Crippen molar-refractivity contribution in [2.45, 2.75) is 33.0 Å². The molecule has 2 N–H and O–H groups in total. The van der Waals surface area contributed by atoms with E-state index in [1.165, 1.54) is 5.56 Å². The van der Waals surface area contributed by atoms with Gasteiger partial charge in [0.15, 0.2) is 0 Å². The first-order valence-electron chi connectivity index (χ1n) is 11.8. The molecule has 0 spiro atoms. The van der Waals surface area contributed by atoms with E-state index in [0.29, 0.717) is 24.5 Å². The molecule has 0 radical (unpaired) electrons. The fourth-order valence-corrected chi connectivity index (χ4v) is 4.79. The average molecular weight is 454 g/mol. The molecule has 0 aliphatic carbocycles. The summed E-state index contributed by atoms with van der Waals surface area (Å²) in [6.45, 7) is 11.1. The second-order valence-corrected chi connectivity index (χ2v) is 8.79. The van der Waals surface area contributed by atoms with Gasteiger partial charge < -0.3 is 24.8 Å². The van der Waals surface area contributed by atoms with Crippen molar-refractivity contribution in [1.82, 2.24) is 9.80 Å². The summed E-state index contributed by atoms with van der Waals surface area (Å²) in [4.78, 5) is 16.9. The van der Waals surface area contributed by atoms with Crippen molar-refractivity contribution in [3.05, 3.63) is 58.1 Å². The molecule has 1 atom stereocenters. The van der Waals surface area contributed by atoms with E-state index in [9.17, 15) is 4.79 Å². The van der Waals surface area contributed by atoms with E-state index < -0.39 is 0 Å². The summed E-state index contributed by atoms with van der Waals surface area (Å²) < 4.78 is 16.7. The summed E-state index contributed by atoms with van der Waals surface area (Å²) >= 11 is 0. The summed E-state index contributed by atoms with van der Waals surface area (Å²) in [6.07, 6.45) is 0.970. The zero-order valence-corrected chi connectivity index (χ0v) is 19.9. The van der Waals surface area contributed by atoms with Gasteiger partial charge in [-0.15, -0.1) is 0 Å². The minimum absolute atomic E-state index is 0.00945. The van der Waals surface area contributed by atoms with Gasteiger partial charge in [-0.1, -0.05) is 12.1 Å². The predicted molar refractivity (Wildman–Crippen MR) is 129 cm³/mol. The highest BCUT2D eigenvalue weighted by Gasteiger charge is 2.28. The van der Waals surface area contributed by atoms with Crippen LogP contribution in [-0.2, 0) is 22.5 Å². The molecule has 1 fully saturated rings. The molecule has 4 rings (SSSR count). The minimum Gasteiger partial charge on any atom is -0.495 e. The van der Waals surface area contributed by atoms with Crippen molar-refractivity contribution in [3.8, 4) is 5.75 Å². The number of nitrogen functional groups attached to an aromatic ring is 1. The van der Waals surface area contributed by atoms with E-state index in [0.717, 1.165) is 68.1 Å². The molecular weight excluding hydrogens is 418 g/mol. The highest BCUT2D eigenvalue weighted by molar-refractivity contribution is 5.93. The van der Waals surface area contributed by atoms with Crippen LogP contribution in [0.5, 0.6) is 5.75 Å². The van der Waals surface area contributed by atoms with E-state index in [1.54, 1.807) is 7.11 Å². The van der Waals surface area contributed by atoms with Gasteiger partial charge in [0.25, 0.3) is 0 Å². The largest absolute Gasteiger partial charge is 0.495 e. The molecule has 0 aromatic heterocycles.